The van der Waals surface area contributed by atoms with Gasteiger partial charge in [0.15, 0.2) is 0 Å². The smallest absolute Gasteiger partial charge is 0.234 e. The van der Waals surface area contributed by atoms with E-state index in [1.54, 1.807) is 12.1 Å². The van der Waals surface area contributed by atoms with E-state index >= 15 is 0 Å². The molecule has 1 saturated carbocycles. The number of hydrogen-bond acceptors (Lipinski definition) is 3. The zero-order chi connectivity index (χ0) is 16.8. The third-order valence-electron chi connectivity index (χ3n) is 4.49. The van der Waals surface area contributed by atoms with Crippen molar-refractivity contribution in [2.75, 3.05) is 13.1 Å². The van der Waals surface area contributed by atoms with Crippen LogP contribution in [-0.2, 0) is 4.79 Å². The highest BCUT2D eigenvalue weighted by Crippen LogP contribution is 2.35. The Labute approximate surface area is 137 Å². The van der Waals surface area contributed by atoms with E-state index in [2.05, 4.69) is 23.2 Å². The fourth-order valence-electron chi connectivity index (χ4n) is 2.80. The van der Waals surface area contributed by atoms with Crippen molar-refractivity contribution in [2.45, 2.75) is 45.2 Å². The van der Waals surface area contributed by atoms with Crippen LogP contribution >= 0.6 is 0 Å². The minimum absolute atomic E-state index is 0.0627. The fraction of sp³-hybridized carbons (Fsp3) is 0.556. The standard InChI is InChI=1S/C18H24FN3O/c1-13(15-6-8-17(19)9-7-15)21-18(23)12-22(11-3-10-20)14(2)16-4-5-16/h6-9,13-14,16H,3-5,11-12H2,1-2H3,(H,21,23)/t13-,14-/m0/s1. The summed E-state index contributed by atoms with van der Waals surface area (Å²) in [7, 11) is 0. The molecule has 1 aromatic rings. The van der Waals surface area contributed by atoms with Crippen molar-refractivity contribution in [2.24, 2.45) is 5.92 Å². The van der Waals surface area contributed by atoms with E-state index < -0.39 is 0 Å². The highest BCUT2D eigenvalue weighted by atomic mass is 19.1. The molecular weight excluding hydrogens is 293 g/mol. The van der Waals surface area contributed by atoms with Crippen molar-refractivity contribution >= 4 is 5.91 Å². The number of nitrogens with one attached hydrogen (secondary N) is 1. The number of benzene rings is 1. The van der Waals surface area contributed by atoms with Gasteiger partial charge in [0.2, 0.25) is 5.91 Å². The van der Waals surface area contributed by atoms with Crippen LogP contribution in [0.1, 0.15) is 44.7 Å². The molecule has 0 saturated heterocycles. The lowest BCUT2D eigenvalue weighted by Crippen LogP contribution is -2.43. The highest BCUT2D eigenvalue weighted by molar-refractivity contribution is 5.78. The SMILES string of the molecule is C[C@H](NC(=O)CN(CCC#N)[C@@H](C)C1CC1)c1ccc(F)cc1. The summed E-state index contributed by atoms with van der Waals surface area (Å²) in [6, 6.07) is 8.46. The third-order valence-corrected chi connectivity index (χ3v) is 4.49. The van der Waals surface area contributed by atoms with Crippen molar-refractivity contribution in [1.29, 1.82) is 5.26 Å². The van der Waals surface area contributed by atoms with Crippen LogP contribution in [0.25, 0.3) is 0 Å². The Hall–Kier alpha value is -1.93. The van der Waals surface area contributed by atoms with Gasteiger partial charge in [-0.25, -0.2) is 4.39 Å². The van der Waals surface area contributed by atoms with Crippen LogP contribution in [0.15, 0.2) is 24.3 Å². The molecule has 5 heteroatoms. The molecule has 1 fully saturated rings. The number of rotatable bonds is 8. The quantitative estimate of drug-likeness (QED) is 0.802. The molecule has 0 heterocycles. The van der Waals surface area contributed by atoms with E-state index in [0.29, 0.717) is 31.5 Å². The molecule has 1 aliphatic carbocycles. The number of hydrogen-bond donors (Lipinski definition) is 1. The van der Waals surface area contributed by atoms with Crippen molar-refractivity contribution in [1.82, 2.24) is 10.2 Å². The lowest BCUT2D eigenvalue weighted by atomic mass is 10.1. The van der Waals surface area contributed by atoms with Gasteiger partial charge >= 0.3 is 0 Å². The van der Waals surface area contributed by atoms with Gasteiger partial charge in [-0.15, -0.1) is 0 Å². The normalized spacial score (nSPS) is 16.7. The number of carbonyl (C=O) groups is 1. The second kappa shape index (κ2) is 8.07. The molecule has 0 radical (unpaired) electrons. The van der Waals surface area contributed by atoms with Crippen LogP contribution in [0.5, 0.6) is 0 Å². The Morgan fingerprint density at radius 3 is 2.61 bits per heavy atom. The van der Waals surface area contributed by atoms with Gasteiger partial charge in [-0.05, 0) is 50.3 Å². The summed E-state index contributed by atoms with van der Waals surface area (Å²) in [5, 5.41) is 11.7. The van der Waals surface area contributed by atoms with Gasteiger partial charge in [0.1, 0.15) is 5.82 Å². The molecule has 2 rings (SSSR count). The summed E-state index contributed by atoms with van der Waals surface area (Å²) < 4.78 is 13.0. The fourth-order valence-corrected chi connectivity index (χ4v) is 2.80. The summed E-state index contributed by atoms with van der Waals surface area (Å²) >= 11 is 0. The Bertz CT molecular complexity index is 563. The lowest BCUT2D eigenvalue weighted by Gasteiger charge is -2.28. The first kappa shape index (κ1) is 17.4. The molecule has 23 heavy (non-hydrogen) atoms. The molecule has 0 aliphatic heterocycles. The van der Waals surface area contributed by atoms with Crippen molar-refractivity contribution in [3.05, 3.63) is 35.6 Å². The number of nitriles is 1. The van der Waals surface area contributed by atoms with Gasteiger partial charge in [-0.3, -0.25) is 9.69 Å². The maximum absolute atomic E-state index is 13.0. The van der Waals surface area contributed by atoms with E-state index in [4.69, 9.17) is 5.26 Å². The second-order valence-corrected chi connectivity index (χ2v) is 6.30. The maximum atomic E-state index is 13.0. The van der Waals surface area contributed by atoms with Gasteiger partial charge in [-0.2, -0.15) is 5.26 Å². The Balaban J connectivity index is 1.89. The van der Waals surface area contributed by atoms with E-state index in [-0.39, 0.29) is 17.8 Å². The van der Waals surface area contributed by atoms with Crippen LogP contribution in [0, 0.1) is 23.1 Å². The van der Waals surface area contributed by atoms with Crippen LogP contribution in [0.3, 0.4) is 0 Å². The van der Waals surface area contributed by atoms with E-state index in [0.717, 1.165) is 5.56 Å². The van der Waals surface area contributed by atoms with E-state index in [9.17, 15) is 9.18 Å². The molecule has 4 nitrogen and oxygen atoms in total. The molecule has 124 valence electrons. The van der Waals surface area contributed by atoms with Gasteiger partial charge in [0, 0.05) is 19.0 Å². The van der Waals surface area contributed by atoms with Crippen LogP contribution in [0.4, 0.5) is 4.39 Å². The minimum Gasteiger partial charge on any atom is -0.348 e. The average Bonchev–Trinajstić information content (AvgIpc) is 3.36. The van der Waals surface area contributed by atoms with E-state index in [1.165, 1.54) is 25.0 Å². The van der Waals surface area contributed by atoms with Crippen LogP contribution in [-0.4, -0.2) is 29.9 Å². The molecule has 0 spiro atoms. The zero-order valence-electron chi connectivity index (χ0n) is 13.8. The topological polar surface area (TPSA) is 56.1 Å². The predicted molar refractivity (Wildman–Crippen MR) is 86.9 cm³/mol. The van der Waals surface area contributed by atoms with Gasteiger partial charge in [-0.1, -0.05) is 12.1 Å². The summed E-state index contributed by atoms with van der Waals surface area (Å²) in [6.07, 6.45) is 2.84. The number of nitrogens with zero attached hydrogens (tertiary/aromatic N) is 2. The van der Waals surface area contributed by atoms with Crippen molar-refractivity contribution in [3.63, 3.8) is 0 Å². The number of carbonyl (C=O) groups excluding carboxylic acids is 1. The monoisotopic (exact) mass is 317 g/mol. The third kappa shape index (κ3) is 5.33. The Kier molecular flexibility index (Phi) is 6.12. The van der Waals surface area contributed by atoms with Gasteiger partial charge in [0.05, 0.1) is 18.7 Å². The van der Waals surface area contributed by atoms with Gasteiger partial charge in [0.25, 0.3) is 0 Å². The Morgan fingerprint density at radius 2 is 2.04 bits per heavy atom. The molecule has 1 aliphatic rings. The summed E-state index contributed by atoms with van der Waals surface area (Å²) in [5.41, 5.74) is 0.874. The zero-order valence-corrected chi connectivity index (χ0v) is 13.8. The molecule has 2 atom stereocenters. The second-order valence-electron chi connectivity index (χ2n) is 6.30. The lowest BCUT2D eigenvalue weighted by molar-refractivity contribution is -0.123. The predicted octanol–water partition coefficient (Wildman–Crippen LogP) is 3.02. The first-order chi connectivity index (χ1) is 11.0. The summed E-state index contributed by atoms with van der Waals surface area (Å²) in [6.45, 7) is 4.93. The first-order valence-electron chi connectivity index (χ1n) is 8.17. The Morgan fingerprint density at radius 1 is 1.39 bits per heavy atom. The molecule has 0 aromatic heterocycles. The largest absolute Gasteiger partial charge is 0.348 e. The summed E-state index contributed by atoms with van der Waals surface area (Å²) in [4.78, 5) is 14.4. The van der Waals surface area contributed by atoms with Crippen molar-refractivity contribution < 1.29 is 9.18 Å². The van der Waals surface area contributed by atoms with Crippen LogP contribution in [0.2, 0.25) is 0 Å². The molecule has 0 unspecified atom stereocenters. The van der Waals surface area contributed by atoms with E-state index in [1.807, 2.05) is 6.92 Å². The minimum atomic E-state index is -0.284. The van der Waals surface area contributed by atoms with Crippen LogP contribution < -0.4 is 5.32 Å². The summed E-state index contributed by atoms with van der Waals surface area (Å²) in [5.74, 6) is 0.302. The molecule has 0 bridgehead atoms. The first-order valence-corrected chi connectivity index (χ1v) is 8.17. The molecule has 1 N–H and O–H groups in total. The maximum Gasteiger partial charge on any atom is 0.234 e. The molecule has 1 aromatic carbocycles. The number of halogens is 1. The molecular formula is C18H24FN3O. The molecule has 1 amide bonds. The highest BCUT2D eigenvalue weighted by Gasteiger charge is 2.32. The average molecular weight is 317 g/mol. The van der Waals surface area contributed by atoms with Gasteiger partial charge < -0.3 is 5.32 Å². The van der Waals surface area contributed by atoms with Crippen molar-refractivity contribution in [3.8, 4) is 6.07 Å². The number of amides is 1.